The van der Waals surface area contributed by atoms with Gasteiger partial charge in [0, 0.05) is 33.3 Å². The van der Waals surface area contributed by atoms with E-state index in [9.17, 15) is 4.79 Å². The molecule has 0 bridgehead atoms. The third-order valence-electron chi connectivity index (χ3n) is 6.23. The maximum absolute atomic E-state index is 11.9. The molecule has 0 spiro atoms. The Balaban J connectivity index is 5.04. The SMILES string of the molecule is CCCC[P+](CCCC)(CCCC)CCCCC(CCC(=O)OCC)(OCC)OCC. The number of esters is 1. The lowest BCUT2D eigenvalue weighted by atomic mass is 10.0. The van der Waals surface area contributed by atoms with E-state index in [1.54, 1.807) is 0 Å². The molecule has 0 N–H and O–H groups in total. The van der Waals surface area contributed by atoms with E-state index in [4.69, 9.17) is 14.2 Å². The Morgan fingerprint density at radius 2 is 1.13 bits per heavy atom. The summed E-state index contributed by atoms with van der Waals surface area (Å²) in [5.41, 5.74) is 0. The van der Waals surface area contributed by atoms with Crippen LogP contribution in [0.5, 0.6) is 0 Å². The van der Waals surface area contributed by atoms with Crippen LogP contribution in [0.15, 0.2) is 0 Å². The third-order valence-corrected chi connectivity index (χ3v) is 11.3. The van der Waals surface area contributed by atoms with Crippen molar-refractivity contribution < 1.29 is 19.0 Å². The number of unbranched alkanes of at least 4 members (excludes halogenated alkanes) is 4. The van der Waals surface area contributed by atoms with Crippen LogP contribution in [-0.4, -0.2) is 56.2 Å². The van der Waals surface area contributed by atoms with Crippen molar-refractivity contribution in [3.05, 3.63) is 0 Å². The van der Waals surface area contributed by atoms with Gasteiger partial charge in [-0.3, -0.25) is 4.79 Å². The summed E-state index contributed by atoms with van der Waals surface area (Å²) in [7, 11) is -0.854. The summed E-state index contributed by atoms with van der Waals surface area (Å²) in [6.45, 7) is 14.5. The number of hydrogen-bond acceptors (Lipinski definition) is 4. The van der Waals surface area contributed by atoms with Crippen LogP contribution < -0.4 is 0 Å². The minimum Gasteiger partial charge on any atom is -0.466 e. The second-order valence-corrected chi connectivity index (χ2v) is 13.3. The van der Waals surface area contributed by atoms with Gasteiger partial charge < -0.3 is 14.2 Å². The molecule has 5 heteroatoms. The molecule has 0 saturated carbocycles. The second-order valence-electron chi connectivity index (χ2n) is 8.84. The Bertz CT molecular complexity index is 400. The van der Waals surface area contributed by atoms with Gasteiger partial charge in [0.05, 0.1) is 37.7 Å². The van der Waals surface area contributed by atoms with Crippen molar-refractivity contribution >= 4 is 13.2 Å². The van der Waals surface area contributed by atoms with E-state index in [0.717, 1.165) is 12.8 Å². The first-order chi connectivity index (χ1) is 15.0. The van der Waals surface area contributed by atoms with E-state index in [-0.39, 0.29) is 5.97 Å². The van der Waals surface area contributed by atoms with Gasteiger partial charge in [-0.1, -0.05) is 40.0 Å². The molecule has 0 fully saturated rings. The second kappa shape index (κ2) is 19.3. The smallest absolute Gasteiger partial charge is 0.305 e. The molecule has 0 aromatic heterocycles. The highest BCUT2D eigenvalue weighted by molar-refractivity contribution is 7.75. The Morgan fingerprint density at radius 3 is 1.55 bits per heavy atom. The Kier molecular flexibility index (Phi) is 19.2. The first-order valence-corrected chi connectivity index (χ1v) is 15.8. The summed E-state index contributed by atoms with van der Waals surface area (Å²) >= 11 is 0. The molecule has 4 nitrogen and oxygen atoms in total. The largest absolute Gasteiger partial charge is 0.466 e. The highest BCUT2D eigenvalue weighted by Gasteiger charge is 2.36. The number of ether oxygens (including phenoxy) is 3. The van der Waals surface area contributed by atoms with Gasteiger partial charge >= 0.3 is 5.97 Å². The number of hydrogen-bond donors (Lipinski definition) is 0. The Hall–Kier alpha value is -0.180. The molecule has 0 heterocycles. The van der Waals surface area contributed by atoms with Crippen LogP contribution in [0.2, 0.25) is 0 Å². The van der Waals surface area contributed by atoms with Crippen molar-refractivity contribution in [3.8, 4) is 0 Å². The number of carbonyl (C=O) groups excluding carboxylic acids is 1. The fourth-order valence-electron chi connectivity index (χ4n) is 4.50. The highest BCUT2D eigenvalue weighted by atomic mass is 31.2. The molecule has 0 aliphatic heterocycles. The molecular weight excluding hydrogens is 407 g/mol. The van der Waals surface area contributed by atoms with E-state index >= 15 is 0 Å². The number of rotatable bonds is 22. The first kappa shape index (κ1) is 30.8. The van der Waals surface area contributed by atoms with Gasteiger partial charge in [-0.2, -0.15) is 0 Å². The number of carbonyl (C=O) groups is 1. The highest BCUT2D eigenvalue weighted by Crippen LogP contribution is 2.61. The van der Waals surface area contributed by atoms with Gasteiger partial charge in [-0.25, -0.2) is 0 Å². The van der Waals surface area contributed by atoms with Crippen molar-refractivity contribution in [2.24, 2.45) is 0 Å². The van der Waals surface area contributed by atoms with Crippen molar-refractivity contribution in [1.82, 2.24) is 0 Å². The third kappa shape index (κ3) is 13.9. The molecule has 0 unspecified atom stereocenters. The minimum absolute atomic E-state index is 0.157. The summed E-state index contributed by atoms with van der Waals surface area (Å²) in [4.78, 5) is 11.9. The summed E-state index contributed by atoms with van der Waals surface area (Å²) in [5.74, 6) is -0.803. The Morgan fingerprint density at radius 1 is 0.645 bits per heavy atom. The van der Waals surface area contributed by atoms with Crippen LogP contribution in [0.3, 0.4) is 0 Å². The van der Waals surface area contributed by atoms with Crippen LogP contribution in [-0.2, 0) is 19.0 Å². The van der Waals surface area contributed by atoms with Gasteiger partial charge in [0.25, 0.3) is 0 Å². The minimum atomic E-state index is -0.854. The van der Waals surface area contributed by atoms with E-state index < -0.39 is 13.0 Å². The van der Waals surface area contributed by atoms with E-state index in [0.29, 0.717) is 32.7 Å². The van der Waals surface area contributed by atoms with E-state index in [1.807, 2.05) is 20.8 Å². The molecule has 0 aliphatic carbocycles. The summed E-state index contributed by atoms with van der Waals surface area (Å²) < 4.78 is 17.3. The molecule has 0 radical (unpaired) electrons. The van der Waals surface area contributed by atoms with Crippen molar-refractivity contribution in [1.29, 1.82) is 0 Å². The van der Waals surface area contributed by atoms with Crippen molar-refractivity contribution in [2.75, 3.05) is 44.5 Å². The molecule has 0 saturated heterocycles. The summed E-state index contributed by atoms with van der Waals surface area (Å²) in [6.07, 6.45) is 18.1. The van der Waals surface area contributed by atoms with Gasteiger partial charge in [0.2, 0.25) is 0 Å². The zero-order chi connectivity index (χ0) is 23.4. The summed E-state index contributed by atoms with van der Waals surface area (Å²) in [6, 6.07) is 0. The molecular formula is C26H54O4P+. The van der Waals surface area contributed by atoms with Crippen molar-refractivity contribution in [3.63, 3.8) is 0 Å². The monoisotopic (exact) mass is 461 g/mol. The Labute approximate surface area is 194 Å². The van der Waals surface area contributed by atoms with E-state index in [2.05, 4.69) is 20.8 Å². The maximum Gasteiger partial charge on any atom is 0.305 e. The predicted molar refractivity (Wildman–Crippen MR) is 137 cm³/mol. The lowest BCUT2D eigenvalue weighted by Gasteiger charge is -2.34. The standard InChI is InChI=1S/C26H54O4P/c1-7-13-21-31(22-14-8-2,23-15-9-3)24-17-16-19-26(29-11-5,30-12-6)20-18-25(27)28-10-4/h7-24H2,1-6H3/q+1. The summed E-state index contributed by atoms with van der Waals surface area (Å²) in [5, 5.41) is 0. The lowest BCUT2D eigenvalue weighted by Crippen LogP contribution is -2.37. The van der Waals surface area contributed by atoms with Gasteiger partial charge in [0.1, 0.15) is 0 Å². The van der Waals surface area contributed by atoms with Crippen LogP contribution in [0, 0.1) is 0 Å². The molecule has 0 amide bonds. The fourth-order valence-corrected chi connectivity index (χ4v) is 9.70. The molecule has 31 heavy (non-hydrogen) atoms. The first-order valence-electron chi connectivity index (χ1n) is 13.3. The van der Waals surface area contributed by atoms with Gasteiger partial charge in [-0.15, -0.1) is 0 Å². The normalized spacial score (nSPS) is 12.3. The maximum atomic E-state index is 11.9. The lowest BCUT2D eigenvalue weighted by molar-refractivity contribution is -0.242. The molecule has 0 aliphatic rings. The molecule has 0 aromatic carbocycles. The predicted octanol–water partition coefficient (Wildman–Crippen LogP) is 7.69. The van der Waals surface area contributed by atoms with Crippen LogP contribution >= 0.6 is 7.26 Å². The van der Waals surface area contributed by atoms with Gasteiger partial charge in [0.15, 0.2) is 5.79 Å². The van der Waals surface area contributed by atoms with Crippen LogP contribution in [0.25, 0.3) is 0 Å². The van der Waals surface area contributed by atoms with Crippen LogP contribution in [0.1, 0.15) is 112 Å². The van der Waals surface area contributed by atoms with Crippen molar-refractivity contribution in [2.45, 2.75) is 118 Å². The molecule has 0 rings (SSSR count). The fraction of sp³-hybridized carbons (Fsp3) is 0.962. The zero-order valence-corrected chi connectivity index (χ0v) is 22.7. The van der Waals surface area contributed by atoms with E-state index in [1.165, 1.54) is 69.6 Å². The quantitative estimate of drug-likeness (QED) is 0.0717. The van der Waals surface area contributed by atoms with Gasteiger partial charge in [-0.05, 0) is 52.9 Å². The molecule has 186 valence electrons. The van der Waals surface area contributed by atoms with Crippen LogP contribution in [0.4, 0.5) is 0 Å². The topological polar surface area (TPSA) is 44.8 Å². The average molecular weight is 462 g/mol. The molecule has 0 atom stereocenters. The average Bonchev–Trinajstić information content (AvgIpc) is 2.76. The zero-order valence-electron chi connectivity index (χ0n) is 21.8. The molecule has 0 aromatic rings.